The van der Waals surface area contributed by atoms with Gasteiger partial charge in [-0.1, -0.05) is 17.7 Å². The fraction of sp³-hybridized carbons (Fsp3) is 0.444. The molecule has 1 aromatic heterocycles. The van der Waals surface area contributed by atoms with Gasteiger partial charge in [-0.25, -0.2) is 5.10 Å². The number of rotatable bonds is 9. The van der Waals surface area contributed by atoms with E-state index in [2.05, 4.69) is 20.4 Å². The smallest absolute Gasteiger partial charge is 0.289 e. The van der Waals surface area contributed by atoms with Crippen molar-refractivity contribution in [1.29, 1.82) is 0 Å². The third kappa shape index (κ3) is 5.27. The van der Waals surface area contributed by atoms with Crippen LogP contribution < -0.4 is 25.1 Å². The number of hydrogen-bond donors (Lipinski definition) is 2. The van der Waals surface area contributed by atoms with Gasteiger partial charge in [0.1, 0.15) is 25.5 Å². The first-order valence-corrected chi connectivity index (χ1v) is 9.20. The third-order valence-electron chi connectivity index (χ3n) is 4.09. The Morgan fingerprint density at radius 3 is 3.04 bits per heavy atom. The molecular weight excluding hydrogens is 372 g/mol. The second-order valence-electron chi connectivity index (χ2n) is 6.13. The number of benzene rings is 1. The SMILES string of the molecule is CN(CCCNc1c(Cl)cn[nH]c1=O)CCOc1cccc2c1OCCO2. The molecule has 0 spiro atoms. The van der Waals surface area contributed by atoms with Gasteiger partial charge in [0.2, 0.25) is 5.75 Å². The van der Waals surface area contributed by atoms with Gasteiger partial charge in [0.15, 0.2) is 11.5 Å². The lowest BCUT2D eigenvalue weighted by molar-refractivity contribution is 0.159. The molecule has 9 heteroatoms. The van der Waals surface area contributed by atoms with Crippen LogP contribution in [0.2, 0.25) is 5.02 Å². The van der Waals surface area contributed by atoms with E-state index in [0.29, 0.717) is 48.6 Å². The highest BCUT2D eigenvalue weighted by molar-refractivity contribution is 6.32. The number of ether oxygens (including phenoxy) is 3. The molecule has 2 heterocycles. The van der Waals surface area contributed by atoms with Crippen LogP contribution in [0.4, 0.5) is 5.69 Å². The van der Waals surface area contributed by atoms with E-state index in [1.807, 2.05) is 25.2 Å². The molecule has 0 aliphatic carbocycles. The van der Waals surface area contributed by atoms with Gasteiger partial charge in [0, 0.05) is 13.1 Å². The molecule has 146 valence electrons. The molecule has 2 N–H and O–H groups in total. The fourth-order valence-electron chi connectivity index (χ4n) is 2.69. The largest absolute Gasteiger partial charge is 0.488 e. The second kappa shape index (κ2) is 9.48. The van der Waals surface area contributed by atoms with E-state index in [1.165, 1.54) is 6.20 Å². The van der Waals surface area contributed by atoms with Crippen LogP contribution in [0.25, 0.3) is 0 Å². The van der Waals surface area contributed by atoms with Crippen LogP contribution in [0.15, 0.2) is 29.2 Å². The molecule has 3 rings (SSSR count). The predicted octanol–water partition coefficient (Wildman–Crippen LogP) is 2.01. The Hall–Kier alpha value is -2.45. The molecule has 8 nitrogen and oxygen atoms in total. The number of nitrogens with zero attached hydrogens (tertiary/aromatic N) is 2. The highest BCUT2D eigenvalue weighted by Crippen LogP contribution is 2.38. The minimum atomic E-state index is -0.318. The summed E-state index contributed by atoms with van der Waals surface area (Å²) in [6.07, 6.45) is 2.26. The molecule has 0 saturated heterocycles. The van der Waals surface area contributed by atoms with Crippen molar-refractivity contribution in [3.05, 3.63) is 39.8 Å². The highest BCUT2D eigenvalue weighted by atomic mass is 35.5. The summed E-state index contributed by atoms with van der Waals surface area (Å²) in [5.74, 6) is 2.10. The lowest BCUT2D eigenvalue weighted by Gasteiger charge is -2.22. The van der Waals surface area contributed by atoms with Crippen LogP contribution >= 0.6 is 11.6 Å². The topological polar surface area (TPSA) is 88.7 Å². The summed E-state index contributed by atoms with van der Waals surface area (Å²) in [4.78, 5) is 13.8. The molecule has 1 aliphatic rings. The molecule has 0 bridgehead atoms. The van der Waals surface area contributed by atoms with Crippen LogP contribution in [0.5, 0.6) is 17.2 Å². The molecule has 0 radical (unpaired) electrons. The molecule has 1 aliphatic heterocycles. The zero-order chi connectivity index (χ0) is 19.1. The van der Waals surface area contributed by atoms with Crippen LogP contribution in [0.1, 0.15) is 6.42 Å². The number of H-pyrrole nitrogens is 1. The molecule has 1 aromatic carbocycles. The number of aromatic amines is 1. The molecule has 0 saturated carbocycles. The molecule has 0 fully saturated rings. The minimum absolute atomic E-state index is 0.317. The standard InChI is InChI=1S/C18H23ClN4O4/c1-23(7-3-6-20-16-13(19)12-21-22-18(16)24)8-9-25-14-4-2-5-15-17(14)27-11-10-26-15/h2,4-5,12H,3,6-11H2,1H3,(H,20,21)(H,22,24). The van der Waals surface area contributed by atoms with E-state index in [-0.39, 0.29) is 5.56 Å². The Morgan fingerprint density at radius 2 is 2.19 bits per heavy atom. The number of halogens is 1. The molecule has 0 atom stereocenters. The Balaban J connectivity index is 1.37. The average molecular weight is 395 g/mol. The van der Waals surface area contributed by atoms with Gasteiger partial charge in [-0.05, 0) is 32.1 Å². The normalized spacial score (nSPS) is 12.9. The first-order chi connectivity index (χ1) is 13.1. The lowest BCUT2D eigenvalue weighted by Crippen LogP contribution is -2.27. The zero-order valence-electron chi connectivity index (χ0n) is 15.2. The monoisotopic (exact) mass is 394 g/mol. The van der Waals surface area contributed by atoms with Gasteiger partial charge >= 0.3 is 0 Å². The number of fused-ring (bicyclic) bond motifs is 1. The summed E-state index contributed by atoms with van der Waals surface area (Å²) in [5.41, 5.74) is 0.0374. The van der Waals surface area contributed by atoms with Gasteiger partial charge in [-0.15, -0.1) is 0 Å². The lowest BCUT2D eigenvalue weighted by atomic mass is 10.3. The average Bonchev–Trinajstić information content (AvgIpc) is 2.67. The van der Waals surface area contributed by atoms with E-state index in [9.17, 15) is 4.79 Å². The van der Waals surface area contributed by atoms with E-state index in [4.69, 9.17) is 25.8 Å². The number of para-hydroxylation sites is 1. The van der Waals surface area contributed by atoms with E-state index in [0.717, 1.165) is 25.3 Å². The van der Waals surface area contributed by atoms with Gasteiger partial charge in [-0.2, -0.15) is 5.10 Å². The number of likely N-dealkylation sites (N-methyl/N-ethyl adjacent to an activating group) is 1. The number of hydrogen-bond acceptors (Lipinski definition) is 7. The van der Waals surface area contributed by atoms with Crippen molar-refractivity contribution in [2.45, 2.75) is 6.42 Å². The van der Waals surface area contributed by atoms with Gasteiger partial charge in [0.25, 0.3) is 5.56 Å². The van der Waals surface area contributed by atoms with Crippen molar-refractivity contribution >= 4 is 17.3 Å². The molecule has 27 heavy (non-hydrogen) atoms. The number of anilines is 1. The molecular formula is C18H23ClN4O4. The zero-order valence-corrected chi connectivity index (χ0v) is 15.9. The molecule has 0 unspecified atom stereocenters. The first-order valence-electron chi connectivity index (χ1n) is 8.82. The molecule has 2 aromatic rings. The van der Waals surface area contributed by atoms with Gasteiger partial charge < -0.3 is 24.4 Å². The molecule has 0 amide bonds. The minimum Gasteiger partial charge on any atom is -0.488 e. The summed E-state index contributed by atoms with van der Waals surface area (Å²) >= 11 is 5.96. The van der Waals surface area contributed by atoms with E-state index in [1.54, 1.807) is 0 Å². The Kier molecular flexibility index (Phi) is 6.78. The summed E-state index contributed by atoms with van der Waals surface area (Å²) in [5, 5.41) is 9.36. The van der Waals surface area contributed by atoms with Crippen LogP contribution in [-0.2, 0) is 0 Å². The quantitative estimate of drug-likeness (QED) is 0.629. The van der Waals surface area contributed by atoms with Crippen LogP contribution in [0.3, 0.4) is 0 Å². The van der Waals surface area contributed by atoms with Crippen molar-refractivity contribution in [3.63, 3.8) is 0 Å². The highest BCUT2D eigenvalue weighted by Gasteiger charge is 2.16. The fourth-order valence-corrected chi connectivity index (χ4v) is 2.89. The Labute approximate surface area is 162 Å². The number of aromatic nitrogens is 2. The summed E-state index contributed by atoms with van der Waals surface area (Å²) in [6.45, 7) is 3.88. The van der Waals surface area contributed by atoms with Gasteiger partial charge in [0.05, 0.1) is 11.2 Å². The van der Waals surface area contributed by atoms with Crippen LogP contribution in [0, 0.1) is 0 Å². The van der Waals surface area contributed by atoms with Crippen molar-refractivity contribution in [2.24, 2.45) is 0 Å². The Morgan fingerprint density at radius 1 is 1.33 bits per heavy atom. The predicted molar refractivity (Wildman–Crippen MR) is 103 cm³/mol. The van der Waals surface area contributed by atoms with Crippen LogP contribution in [-0.4, -0.2) is 61.6 Å². The van der Waals surface area contributed by atoms with Crippen molar-refractivity contribution in [3.8, 4) is 17.2 Å². The van der Waals surface area contributed by atoms with E-state index >= 15 is 0 Å². The summed E-state index contributed by atoms with van der Waals surface area (Å²) in [6, 6.07) is 5.65. The summed E-state index contributed by atoms with van der Waals surface area (Å²) < 4.78 is 17.0. The maximum atomic E-state index is 11.6. The van der Waals surface area contributed by atoms with Crippen molar-refractivity contribution < 1.29 is 14.2 Å². The maximum Gasteiger partial charge on any atom is 0.289 e. The third-order valence-corrected chi connectivity index (χ3v) is 4.38. The Bertz CT molecular complexity index is 814. The van der Waals surface area contributed by atoms with Crippen molar-refractivity contribution in [1.82, 2.24) is 15.1 Å². The maximum absolute atomic E-state index is 11.6. The number of nitrogens with one attached hydrogen (secondary N) is 2. The first kappa shape index (κ1) is 19.3. The van der Waals surface area contributed by atoms with E-state index < -0.39 is 0 Å². The second-order valence-corrected chi connectivity index (χ2v) is 6.54. The van der Waals surface area contributed by atoms with Crippen molar-refractivity contribution in [2.75, 3.05) is 51.8 Å². The summed E-state index contributed by atoms with van der Waals surface area (Å²) in [7, 11) is 2.02. The van der Waals surface area contributed by atoms with Gasteiger partial charge in [-0.3, -0.25) is 4.79 Å².